The summed E-state index contributed by atoms with van der Waals surface area (Å²) in [5, 5.41) is 1.02. The number of hydrogen-bond donors (Lipinski definition) is 1. The monoisotopic (exact) mass is 272 g/mol. The second-order valence-electron chi connectivity index (χ2n) is 4.54. The predicted molar refractivity (Wildman–Crippen MR) is 76.8 cm³/mol. The number of pyridine rings is 1. The Morgan fingerprint density at radius 2 is 2.05 bits per heavy atom. The van der Waals surface area contributed by atoms with Gasteiger partial charge in [0, 0.05) is 21.5 Å². The topological polar surface area (TPSA) is 38.9 Å². The summed E-state index contributed by atoms with van der Waals surface area (Å²) in [5.41, 5.74) is 8.18. The summed E-state index contributed by atoms with van der Waals surface area (Å²) in [4.78, 5) is 5.28. The standard InChI is InChI=1S/C15H13FN2S/c1-9-2-3-11(8-18-9)15(17)14-6-10-4-5-12(16)7-13(10)19-14/h2-8,15H,17H2,1H3. The van der Waals surface area contributed by atoms with Gasteiger partial charge >= 0.3 is 0 Å². The van der Waals surface area contributed by atoms with Crippen molar-refractivity contribution in [1.29, 1.82) is 0 Å². The lowest BCUT2D eigenvalue weighted by Crippen LogP contribution is -2.10. The number of fused-ring (bicyclic) bond motifs is 1. The van der Waals surface area contributed by atoms with Crippen molar-refractivity contribution >= 4 is 21.4 Å². The van der Waals surface area contributed by atoms with Crippen LogP contribution in [0.15, 0.2) is 42.6 Å². The van der Waals surface area contributed by atoms with Gasteiger partial charge in [-0.1, -0.05) is 12.1 Å². The summed E-state index contributed by atoms with van der Waals surface area (Å²) in [6.07, 6.45) is 1.80. The van der Waals surface area contributed by atoms with Crippen LogP contribution < -0.4 is 5.73 Å². The Morgan fingerprint density at radius 1 is 1.21 bits per heavy atom. The number of benzene rings is 1. The fraction of sp³-hybridized carbons (Fsp3) is 0.133. The van der Waals surface area contributed by atoms with Crippen molar-refractivity contribution in [2.24, 2.45) is 5.73 Å². The van der Waals surface area contributed by atoms with Gasteiger partial charge in [-0.2, -0.15) is 0 Å². The van der Waals surface area contributed by atoms with Gasteiger partial charge in [0.15, 0.2) is 0 Å². The molecule has 0 saturated heterocycles. The summed E-state index contributed by atoms with van der Waals surface area (Å²) in [5.74, 6) is -0.216. The molecule has 1 atom stereocenters. The lowest BCUT2D eigenvalue weighted by Gasteiger charge is -2.09. The van der Waals surface area contributed by atoms with E-state index < -0.39 is 0 Å². The minimum absolute atomic E-state index is 0.214. The van der Waals surface area contributed by atoms with Crippen LogP contribution in [0.1, 0.15) is 22.2 Å². The van der Waals surface area contributed by atoms with Gasteiger partial charge in [-0.15, -0.1) is 11.3 Å². The molecule has 0 saturated carbocycles. The number of hydrogen-bond acceptors (Lipinski definition) is 3. The van der Waals surface area contributed by atoms with E-state index in [1.54, 1.807) is 18.3 Å². The first-order chi connectivity index (χ1) is 9.13. The second kappa shape index (κ2) is 4.72. The van der Waals surface area contributed by atoms with Gasteiger partial charge in [0.05, 0.1) is 6.04 Å². The quantitative estimate of drug-likeness (QED) is 0.770. The number of halogens is 1. The first kappa shape index (κ1) is 12.3. The van der Waals surface area contributed by atoms with Crippen LogP contribution in [0.3, 0.4) is 0 Å². The number of nitrogens with two attached hydrogens (primary N) is 1. The van der Waals surface area contributed by atoms with Crippen LogP contribution in [0, 0.1) is 12.7 Å². The lowest BCUT2D eigenvalue weighted by atomic mass is 10.1. The third-order valence-electron chi connectivity index (χ3n) is 3.10. The van der Waals surface area contributed by atoms with Crippen molar-refractivity contribution < 1.29 is 4.39 Å². The van der Waals surface area contributed by atoms with Crippen molar-refractivity contribution in [2.45, 2.75) is 13.0 Å². The first-order valence-electron chi connectivity index (χ1n) is 6.00. The van der Waals surface area contributed by atoms with Crippen LogP contribution in [-0.2, 0) is 0 Å². The fourth-order valence-electron chi connectivity index (χ4n) is 2.01. The van der Waals surface area contributed by atoms with E-state index in [1.807, 2.05) is 25.1 Å². The predicted octanol–water partition coefficient (Wildman–Crippen LogP) is 3.79. The average Bonchev–Trinajstić information content (AvgIpc) is 2.81. The van der Waals surface area contributed by atoms with Crippen LogP contribution >= 0.6 is 11.3 Å². The molecule has 3 aromatic rings. The Kier molecular flexibility index (Phi) is 3.05. The zero-order valence-corrected chi connectivity index (χ0v) is 11.2. The van der Waals surface area contributed by atoms with Crippen LogP contribution in [0.5, 0.6) is 0 Å². The molecule has 0 fully saturated rings. The van der Waals surface area contributed by atoms with Crippen molar-refractivity contribution in [3.63, 3.8) is 0 Å². The number of nitrogens with zero attached hydrogens (tertiary/aromatic N) is 1. The SMILES string of the molecule is Cc1ccc(C(N)c2cc3ccc(F)cc3s2)cn1. The Hall–Kier alpha value is -1.78. The highest BCUT2D eigenvalue weighted by atomic mass is 32.1. The summed E-state index contributed by atoms with van der Waals surface area (Å²) >= 11 is 1.53. The molecule has 0 aliphatic carbocycles. The highest BCUT2D eigenvalue weighted by Crippen LogP contribution is 2.32. The molecule has 2 aromatic heterocycles. The van der Waals surface area contributed by atoms with E-state index in [4.69, 9.17) is 5.73 Å². The summed E-state index contributed by atoms with van der Waals surface area (Å²) in [7, 11) is 0. The third kappa shape index (κ3) is 2.37. The van der Waals surface area contributed by atoms with E-state index in [9.17, 15) is 4.39 Å². The highest BCUT2D eigenvalue weighted by Gasteiger charge is 2.13. The van der Waals surface area contributed by atoms with E-state index in [2.05, 4.69) is 4.98 Å². The summed E-state index contributed by atoms with van der Waals surface area (Å²) < 4.78 is 14.1. The zero-order chi connectivity index (χ0) is 13.4. The molecule has 0 aliphatic heterocycles. The molecule has 2 nitrogen and oxygen atoms in total. The average molecular weight is 272 g/mol. The Bertz CT molecular complexity index is 719. The highest BCUT2D eigenvalue weighted by molar-refractivity contribution is 7.19. The molecule has 0 bridgehead atoms. The second-order valence-corrected chi connectivity index (χ2v) is 5.66. The maximum absolute atomic E-state index is 13.2. The van der Waals surface area contributed by atoms with Crippen molar-refractivity contribution in [2.75, 3.05) is 0 Å². The van der Waals surface area contributed by atoms with Gasteiger partial charge in [-0.05, 0) is 42.1 Å². The normalized spacial score (nSPS) is 12.8. The van der Waals surface area contributed by atoms with Crippen LogP contribution in [0.25, 0.3) is 10.1 Å². The summed E-state index contributed by atoms with van der Waals surface area (Å²) in [6, 6.07) is 10.5. The molecule has 0 amide bonds. The Balaban J connectivity index is 2.01. The van der Waals surface area contributed by atoms with E-state index in [0.29, 0.717) is 0 Å². The van der Waals surface area contributed by atoms with E-state index in [0.717, 1.165) is 26.2 Å². The first-order valence-corrected chi connectivity index (χ1v) is 6.82. The number of aryl methyl sites for hydroxylation is 1. The van der Waals surface area contributed by atoms with Gasteiger partial charge in [0.2, 0.25) is 0 Å². The summed E-state index contributed by atoms with van der Waals surface area (Å²) in [6.45, 7) is 1.94. The Morgan fingerprint density at radius 3 is 2.79 bits per heavy atom. The van der Waals surface area contributed by atoms with Gasteiger partial charge < -0.3 is 5.73 Å². The van der Waals surface area contributed by atoms with Gasteiger partial charge in [-0.3, -0.25) is 4.98 Å². The maximum Gasteiger partial charge on any atom is 0.124 e. The maximum atomic E-state index is 13.2. The number of aromatic nitrogens is 1. The Labute approximate surface area is 114 Å². The van der Waals surface area contributed by atoms with E-state index >= 15 is 0 Å². The molecular formula is C15H13FN2S. The zero-order valence-electron chi connectivity index (χ0n) is 10.4. The molecule has 1 unspecified atom stereocenters. The molecule has 19 heavy (non-hydrogen) atoms. The van der Waals surface area contributed by atoms with Crippen LogP contribution in [-0.4, -0.2) is 4.98 Å². The van der Waals surface area contributed by atoms with Crippen LogP contribution in [0.2, 0.25) is 0 Å². The van der Waals surface area contributed by atoms with Gasteiger partial charge in [-0.25, -0.2) is 4.39 Å². The van der Waals surface area contributed by atoms with Gasteiger partial charge in [0.25, 0.3) is 0 Å². The molecule has 4 heteroatoms. The van der Waals surface area contributed by atoms with Crippen molar-refractivity contribution in [3.05, 3.63) is 64.5 Å². The molecule has 96 valence electrons. The molecule has 3 rings (SSSR count). The largest absolute Gasteiger partial charge is 0.320 e. The number of rotatable bonds is 2. The smallest absolute Gasteiger partial charge is 0.124 e. The molecule has 0 aliphatic rings. The van der Waals surface area contributed by atoms with E-state index in [1.165, 1.54) is 17.4 Å². The number of thiophene rings is 1. The van der Waals surface area contributed by atoms with Crippen molar-refractivity contribution in [3.8, 4) is 0 Å². The van der Waals surface area contributed by atoms with Crippen LogP contribution in [0.4, 0.5) is 4.39 Å². The minimum Gasteiger partial charge on any atom is -0.320 e. The van der Waals surface area contributed by atoms with Crippen molar-refractivity contribution in [1.82, 2.24) is 4.98 Å². The molecule has 2 heterocycles. The molecule has 0 radical (unpaired) electrons. The molecule has 2 N–H and O–H groups in total. The molecular weight excluding hydrogens is 259 g/mol. The minimum atomic E-state index is -0.216. The lowest BCUT2D eigenvalue weighted by molar-refractivity contribution is 0.630. The fourth-order valence-corrected chi connectivity index (χ4v) is 3.13. The van der Waals surface area contributed by atoms with E-state index in [-0.39, 0.29) is 11.9 Å². The molecule has 1 aromatic carbocycles. The third-order valence-corrected chi connectivity index (χ3v) is 4.28. The van der Waals surface area contributed by atoms with Gasteiger partial charge in [0.1, 0.15) is 5.82 Å². The molecule has 0 spiro atoms.